The van der Waals surface area contributed by atoms with Crippen LogP contribution in [0.2, 0.25) is 0 Å². The zero-order chi connectivity index (χ0) is 29.1. The summed E-state index contributed by atoms with van der Waals surface area (Å²) in [7, 11) is 0. The number of alkyl halides is 3. The van der Waals surface area contributed by atoms with Gasteiger partial charge < -0.3 is 15.4 Å². The first-order valence-corrected chi connectivity index (χ1v) is 13.2. The molecule has 2 aromatic heterocycles. The van der Waals surface area contributed by atoms with Gasteiger partial charge in [-0.3, -0.25) is 4.90 Å². The van der Waals surface area contributed by atoms with Crippen LogP contribution in [-0.4, -0.2) is 63.5 Å². The maximum Gasteiger partial charge on any atom is 0.416 e. The summed E-state index contributed by atoms with van der Waals surface area (Å²) in [5, 5.41) is 10.2. The van der Waals surface area contributed by atoms with Crippen LogP contribution >= 0.6 is 0 Å². The molecule has 2 aromatic carbocycles. The van der Waals surface area contributed by atoms with Crippen LogP contribution in [0.3, 0.4) is 0 Å². The number of nitrogens with zero attached hydrogens (tertiary/aromatic N) is 5. The minimum atomic E-state index is -4.67. The zero-order valence-electron chi connectivity index (χ0n) is 22.5. The third-order valence-corrected chi connectivity index (χ3v) is 6.70. The Balaban J connectivity index is 1.31. The molecule has 1 aliphatic rings. The summed E-state index contributed by atoms with van der Waals surface area (Å²) in [6.07, 6.45) is -2.18. The number of fused-ring (bicyclic) bond motifs is 1. The summed E-state index contributed by atoms with van der Waals surface area (Å²) < 4.78 is 60.1. The van der Waals surface area contributed by atoms with Gasteiger partial charge in [-0.25, -0.2) is 23.8 Å². The molecule has 9 nitrogen and oxygen atoms in total. The normalized spacial score (nSPS) is 14.5. The van der Waals surface area contributed by atoms with Crippen molar-refractivity contribution in [2.75, 3.05) is 43.5 Å². The number of carbonyl (C=O) groups is 1. The fraction of sp³-hybridized carbons (Fsp3) is 0.357. The highest BCUT2D eigenvalue weighted by atomic mass is 19.4. The Morgan fingerprint density at radius 3 is 2.49 bits per heavy atom. The predicted octanol–water partition coefficient (Wildman–Crippen LogP) is 5.75. The summed E-state index contributed by atoms with van der Waals surface area (Å²) in [5.41, 5.74) is 0.868. The van der Waals surface area contributed by atoms with Crippen LogP contribution in [-0.2, 0) is 17.3 Å². The number of hydrogen-bond donors (Lipinski definition) is 2. The van der Waals surface area contributed by atoms with E-state index in [0.29, 0.717) is 36.0 Å². The van der Waals surface area contributed by atoms with Crippen molar-refractivity contribution in [3.8, 4) is 11.3 Å². The highest BCUT2D eigenvalue weighted by Gasteiger charge is 2.31. The van der Waals surface area contributed by atoms with Crippen LogP contribution in [0.4, 0.5) is 33.7 Å². The Labute approximate surface area is 233 Å². The van der Waals surface area contributed by atoms with Gasteiger partial charge in [0.2, 0.25) is 0 Å². The largest absolute Gasteiger partial charge is 0.416 e. The average Bonchev–Trinajstić information content (AvgIpc) is 3.33. The molecule has 0 radical (unpaired) electrons. The first kappa shape index (κ1) is 28.4. The molecular formula is C28H29F4N7O2. The van der Waals surface area contributed by atoms with E-state index in [4.69, 9.17) is 14.8 Å². The maximum atomic E-state index is 14.0. The van der Waals surface area contributed by atoms with Crippen LogP contribution in [0, 0.1) is 5.82 Å². The molecule has 5 rings (SSSR count). The molecule has 1 saturated heterocycles. The van der Waals surface area contributed by atoms with E-state index < -0.39 is 29.3 Å². The van der Waals surface area contributed by atoms with Crippen LogP contribution in [0.1, 0.15) is 31.3 Å². The second kappa shape index (κ2) is 11.8. The van der Waals surface area contributed by atoms with Gasteiger partial charge in [-0.05, 0) is 44.2 Å². The Hall–Kier alpha value is -4.10. The smallest absolute Gasteiger partial charge is 0.379 e. The number of urea groups is 1. The number of morpholine rings is 1. The fourth-order valence-corrected chi connectivity index (χ4v) is 4.53. The van der Waals surface area contributed by atoms with Gasteiger partial charge >= 0.3 is 12.2 Å². The Morgan fingerprint density at radius 1 is 1.07 bits per heavy atom. The van der Waals surface area contributed by atoms with Gasteiger partial charge in [-0.2, -0.15) is 18.3 Å². The molecule has 13 heteroatoms. The second-order valence-electron chi connectivity index (χ2n) is 9.96. The quantitative estimate of drug-likeness (QED) is 0.274. The SMILES string of the molecule is CC(C)n1nc(-c2ccc(NC(=O)Nc3cc(C(F)(F)F)ccc3F)cc2)c2cnc(CCN3CCOCC3)nc21. The van der Waals surface area contributed by atoms with Gasteiger partial charge in [0.25, 0.3) is 0 Å². The van der Waals surface area contributed by atoms with E-state index in [1.165, 1.54) is 0 Å². The minimum absolute atomic E-state index is 0.0501. The van der Waals surface area contributed by atoms with Crippen molar-refractivity contribution in [2.24, 2.45) is 0 Å². The zero-order valence-corrected chi connectivity index (χ0v) is 22.5. The lowest BCUT2D eigenvalue weighted by Crippen LogP contribution is -2.37. The van der Waals surface area contributed by atoms with Crippen LogP contribution in [0.15, 0.2) is 48.7 Å². The van der Waals surface area contributed by atoms with Gasteiger partial charge in [-0.1, -0.05) is 12.1 Å². The van der Waals surface area contributed by atoms with Gasteiger partial charge in [0.15, 0.2) is 5.65 Å². The molecule has 1 fully saturated rings. The molecule has 41 heavy (non-hydrogen) atoms. The third-order valence-electron chi connectivity index (χ3n) is 6.70. The second-order valence-corrected chi connectivity index (χ2v) is 9.96. The van der Waals surface area contributed by atoms with Crippen molar-refractivity contribution < 1.29 is 27.1 Å². The molecule has 0 unspecified atom stereocenters. The van der Waals surface area contributed by atoms with Crippen LogP contribution < -0.4 is 10.6 Å². The summed E-state index contributed by atoms with van der Waals surface area (Å²) >= 11 is 0. The highest BCUT2D eigenvalue weighted by Crippen LogP contribution is 2.32. The molecule has 4 aromatic rings. The van der Waals surface area contributed by atoms with E-state index in [1.807, 2.05) is 18.5 Å². The van der Waals surface area contributed by atoms with Crippen LogP contribution in [0.25, 0.3) is 22.3 Å². The average molecular weight is 572 g/mol. The van der Waals surface area contributed by atoms with Gasteiger partial charge in [-0.15, -0.1) is 0 Å². The van der Waals surface area contributed by atoms with Crippen LogP contribution in [0.5, 0.6) is 0 Å². The number of aromatic nitrogens is 4. The van der Waals surface area contributed by atoms with E-state index in [2.05, 4.69) is 20.5 Å². The number of hydrogen-bond acceptors (Lipinski definition) is 6. The Morgan fingerprint density at radius 2 is 1.80 bits per heavy atom. The Bertz CT molecular complexity index is 1530. The molecule has 2 N–H and O–H groups in total. The van der Waals surface area contributed by atoms with E-state index >= 15 is 0 Å². The van der Waals surface area contributed by atoms with Crippen molar-refractivity contribution >= 4 is 28.4 Å². The van der Waals surface area contributed by atoms with Crippen molar-refractivity contribution in [1.29, 1.82) is 0 Å². The monoisotopic (exact) mass is 571 g/mol. The molecule has 0 aliphatic carbocycles. The third kappa shape index (κ3) is 6.63. The van der Waals surface area contributed by atoms with Gasteiger partial charge in [0.1, 0.15) is 17.3 Å². The lowest BCUT2D eigenvalue weighted by Gasteiger charge is -2.26. The number of amides is 2. The van der Waals surface area contributed by atoms with E-state index in [0.717, 1.165) is 55.3 Å². The van der Waals surface area contributed by atoms with Crippen molar-refractivity contribution in [3.63, 3.8) is 0 Å². The van der Waals surface area contributed by atoms with E-state index in [9.17, 15) is 22.4 Å². The van der Waals surface area contributed by atoms with Crippen molar-refractivity contribution in [3.05, 3.63) is 65.9 Å². The number of anilines is 2. The maximum absolute atomic E-state index is 14.0. The molecule has 1 aliphatic heterocycles. The number of nitrogens with one attached hydrogen (secondary N) is 2. The fourth-order valence-electron chi connectivity index (χ4n) is 4.53. The minimum Gasteiger partial charge on any atom is -0.379 e. The van der Waals surface area contributed by atoms with E-state index in [-0.39, 0.29) is 6.04 Å². The first-order chi connectivity index (χ1) is 19.6. The molecule has 0 bridgehead atoms. The number of carbonyl (C=O) groups excluding carboxylic acids is 1. The lowest BCUT2D eigenvalue weighted by molar-refractivity contribution is -0.137. The number of benzene rings is 2. The molecule has 0 spiro atoms. The molecular weight excluding hydrogens is 542 g/mol. The van der Waals surface area contributed by atoms with Gasteiger partial charge in [0.05, 0.1) is 29.9 Å². The molecule has 216 valence electrons. The Kier molecular flexibility index (Phi) is 8.18. The highest BCUT2D eigenvalue weighted by molar-refractivity contribution is 6.00. The summed E-state index contributed by atoms with van der Waals surface area (Å²) in [5.74, 6) is -0.248. The predicted molar refractivity (Wildman–Crippen MR) is 146 cm³/mol. The van der Waals surface area contributed by atoms with Crippen molar-refractivity contribution in [2.45, 2.75) is 32.5 Å². The van der Waals surface area contributed by atoms with Gasteiger partial charge in [0, 0.05) is 49.5 Å². The summed E-state index contributed by atoms with van der Waals surface area (Å²) in [4.78, 5) is 24.1. The molecule has 0 saturated carbocycles. The van der Waals surface area contributed by atoms with Crippen molar-refractivity contribution in [1.82, 2.24) is 24.6 Å². The standard InChI is InChI=1S/C28H29F4N7O2/c1-17(2)39-26-21(16-33-24(36-26)9-10-38-11-13-41-14-12-38)25(37-39)18-3-6-20(7-4-18)34-27(40)35-23-15-19(28(30,31)32)5-8-22(23)29/h3-8,15-17H,9-14H2,1-2H3,(H2,34,35,40). The lowest BCUT2D eigenvalue weighted by atomic mass is 10.1. The van der Waals surface area contributed by atoms with E-state index in [1.54, 1.807) is 30.5 Å². The summed E-state index contributed by atoms with van der Waals surface area (Å²) in [6, 6.07) is 7.72. The number of rotatable bonds is 7. The molecule has 0 atom stereocenters. The summed E-state index contributed by atoms with van der Waals surface area (Å²) in [6.45, 7) is 8.14. The molecule has 3 heterocycles. The first-order valence-electron chi connectivity index (χ1n) is 13.2. The number of halogens is 4. The molecule has 2 amide bonds. The number of ether oxygens (including phenoxy) is 1. The topological polar surface area (TPSA) is 97.2 Å².